The smallest absolute Gasteiger partial charge is 0.190 e. The Kier molecular flexibility index (Phi) is 10.4. The second kappa shape index (κ2) is 13.2. The number of imidazole rings is 1. The second-order valence-corrected chi connectivity index (χ2v) is 10.8. The van der Waals surface area contributed by atoms with Gasteiger partial charge in [0.1, 0.15) is 29.2 Å². The third-order valence-corrected chi connectivity index (χ3v) is 7.27. The number of rotatable bonds is 15. The topological polar surface area (TPSA) is 93.9 Å². The van der Waals surface area contributed by atoms with Crippen LogP contribution < -0.4 is 5.73 Å². The van der Waals surface area contributed by atoms with Gasteiger partial charge in [0, 0.05) is 18.2 Å². The molecule has 0 fully saturated rings. The lowest BCUT2D eigenvalue weighted by Gasteiger charge is -2.29. The van der Waals surface area contributed by atoms with Crippen molar-refractivity contribution in [1.29, 1.82) is 0 Å². The molecule has 0 radical (unpaired) electrons. The minimum absolute atomic E-state index is 0.189. The normalized spacial score (nSPS) is 12.1. The van der Waals surface area contributed by atoms with Crippen LogP contribution in [0, 0.1) is 0 Å². The number of fused-ring (bicyclic) bond motifs is 3. The Hall–Kier alpha value is -2.16. The molecule has 0 aliphatic carbocycles. The highest BCUT2D eigenvalue weighted by Crippen LogP contribution is 2.30. The number of likely N-dealkylation sites (N-methyl/N-ethyl adjacent to an activating group) is 1. The molecule has 1 aromatic carbocycles. The minimum atomic E-state index is 0.189. The monoisotopic (exact) mass is 500 g/mol. The number of quaternary nitrogens is 1. The van der Waals surface area contributed by atoms with Crippen molar-refractivity contribution in [2.75, 3.05) is 52.4 Å². The van der Waals surface area contributed by atoms with Crippen LogP contribution in [0.5, 0.6) is 0 Å². The number of H-pyrrole nitrogens is 1. The van der Waals surface area contributed by atoms with Crippen LogP contribution >= 0.6 is 11.8 Å². The van der Waals surface area contributed by atoms with Crippen LogP contribution in [0.3, 0.4) is 0 Å². The lowest BCUT2D eigenvalue weighted by Crippen LogP contribution is -2.43. The fourth-order valence-corrected chi connectivity index (χ4v) is 4.70. The first-order chi connectivity index (χ1) is 16.8. The van der Waals surface area contributed by atoms with Crippen LogP contribution in [0.15, 0.2) is 18.2 Å². The number of aryl methyl sites for hydroxylation is 2. The van der Waals surface area contributed by atoms with E-state index in [0.29, 0.717) is 25.5 Å². The number of benzene rings is 1. The number of nitrogen functional groups attached to an aromatic ring is 1. The molecule has 3 rings (SSSR count). The lowest BCUT2D eigenvalue weighted by atomic mass is 10.0. The fourth-order valence-electron chi connectivity index (χ4n) is 4.41. The van der Waals surface area contributed by atoms with E-state index in [9.17, 15) is 4.79 Å². The first kappa shape index (κ1) is 27.4. The molecule has 192 valence electrons. The number of carbonyl (C=O) groups excluding carboxylic acids is 1. The van der Waals surface area contributed by atoms with E-state index in [0.717, 1.165) is 77.4 Å². The number of carbonyl (C=O) groups is 1. The third kappa shape index (κ3) is 7.92. The molecule has 0 spiro atoms. The number of pyridine rings is 1. The molecule has 0 saturated heterocycles. The molecular weight excluding hydrogens is 458 g/mol. The summed E-state index contributed by atoms with van der Waals surface area (Å²) in [6.07, 6.45) is 9.98. The summed E-state index contributed by atoms with van der Waals surface area (Å²) in [4.78, 5) is 24.3. The average Bonchev–Trinajstić information content (AvgIpc) is 3.27. The maximum Gasteiger partial charge on any atom is 0.190 e. The van der Waals surface area contributed by atoms with E-state index in [1.165, 1.54) is 30.2 Å². The largest absolute Gasteiger partial charge is 0.382 e. The number of ether oxygens (including phenoxy) is 1. The zero-order chi connectivity index (χ0) is 25.3. The first-order valence-corrected chi connectivity index (χ1v) is 14.1. The number of nitrogens with zero attached hydrogens (tertiary/aromatic N) is 3. The van der Waals surface area contributed by atoms with Gasteiger partial charge < -0.3 is 19.9 Å². The van der Waals surface area contributed by atoms with E-state index < -0.39 is 0 Å². The molecule has 3 aromatic rings. The van der Waals surface area contributed by atoms with Crippen LogP contribution in [-0.4, -0.2) is 71.2 Å². The van der Waals surface area contributed by atoms with E-state index in [2.05, 4.69) is 43.1 Å². The van der Waals surface area contributed by atoms with Crippen molar-refractivity contribution in [2.24, 2.45) is 0 Å². The Balaban J connectivity index is 1.53. The SMILES string of the molecule is CCCCc1nc2c([nH]1)c(N)nc1cccc(CCCCC[N+](C)(C)CCOCCC(=O)SC)c12. The van der Waals surface area contributed by atoms with Crippen LogP contribution in [0.4, 0.5) is 5.82 Å². The molecule has 35 heavy (non-hydrogen) atoms. The van der Waals surface area contributed by atoms with Crippen molar-refractivity contribution < 1.29 is 14.0 Å². The zero-order valence-corrected chi connectivity index (χ0v) is 22.7. The molecule has 8 heteroatoms. The van der Waals surface area contributed by atoms with Crippen LogP contribution in [0.1, 0.15) is 56.8 Å². The molecule has 7 nitrogen and oxygen atoms in total. The van der Waals surface area contributed by atoms with Gasteiger partial charge in [0.05, 0.1) is 39.4 Å². The number of nitrogens with one attached hydrogen (secondary N) is 1. The summed E-state index contributed by atoms with van der Waals surface area (Å²) in [6, 6.07) is 6.32. The summed E-state index contributed by atoms with van der Waals surface area (Å²) in [5, 5.41) is 1.33. The zero-order valence-electron chi connectivity index (χ0n) is 21.9. The molecule has 0 unspecified atom stereocenters. The Morgan fingerprint density at radius 1 is 1.09 bits per heavy atom. The maximum absolute atomic E-state index is 11.3. The van der Waals surface area contributed by atoms with Gasteiger partial charge in [0.2, 0.25) is 0 Å². The van der Waals surface area contributed by atoms with Gasteiger partial charge >= 0.3 is 0 Å². The maximum atomic E-state index is 11.3. The van der Waals surface area contributed by atoms with Gasteiger partial charge in [-0.15, -0.1) is 0 Å². The van der Waals surface area contributed by atoms with Crippen LogP contribution in [0.2, 0.25) is 0 Å². The highest BCUT2D eigenvalue weighted by atomic mass is 32.2. The quantitative estimate of drug-likeness (QED) is 0.222. The molecular formula is C27H42N5O2S+. The highest BCUT2D eigenvalue weighted by Gasteiger charge is 2.16. The van der Waals surface area contributed by atoms with E-state index in [-0.39, 0.29) is 5.12 Å². The predicted molar refractivity (Wildman–Crippen MR) is 148 cm³/mol. The Bertz CT molecular complexity index is 1110. The van der Waals surface area contributed by atoms with Crippen LogP contribution in [-0.2, 0) is 22.4 Å². The van der Waals surface area contributed by atoms with Crippen molar-refractivity contribution in [3.05, 3.63) is 29.6 Å². The summed E-state index contributed by atoms with van der Waals surface area (Å²) >= 11 is 1.27. The number of unbranched alkanes of at least 4 members (excludes halogenated alkanes) is 3. The molecule has 3 N–H and O–H groups in total. The van der Waals surface area contributed by atoms with Crippen LogP contribution in [0.25, 0.3) is 21.9 Å². The van der Waals surface area contributed by atoms with Crippen molar-refractivity contribution in [3.8, 4) is 0 Å². The number of hydrogen-bond donors (Lipinski definition) is 2. The fraction of sp³-hybridized carbons (Fsp3) is 0.593. The van der Waals surface area contributed by atoms with Crippen molar-refractivity contribution in [3.63, 3.8) is 0 Å². The molecule has 0 aliphatic heterocycles. The molecule has 0 aliphatic rings. The third-order valence-electron chi connectivity index (χ3n) is 6.61. The Labute approximate surface area is 213 Å². The van der Waals surface area contributed by atoms with E-state index in [1.807, 2.05) is 12.3 Å². The first-order valence-electron chi connectivity index (χ1n) is 12.9. The number of thioether (sulfide) groups is 1. The average molecular weight is 501 g/mol. The molecule has 0 bridgehead atoms. The summed E-state index contributed by atoms with van der Waals surface area (Å²) in [5.41, 5.74) is 10.3. The summed E-state index contributed by atoms with van der Waals surface area (Å²) < 4.78 is 6.59. The van der Waals surface area contributed by atoms with Gasteiger partial charge in [-0.2, -0.15) is 0 Å². The summed E-state index contributed by atoms with van der Waals surface area (Å²) in [7, 11) is 4.50. The van der Waals surface area contributed by atoms with Gasteiger partial charge in [-0.1, -0.05) is 37.2 Å². The molecule has 0 amide bonds. The second-order valence-electron chi connectivity index (χ2n) is 9.95. The van der Waals surface area contributed by atoms with Gasteiger partial charge in [-0.3, -0.25) is 4.79 Å². The standard InChI is InChI=1S/C27H42N5O2S/c1-5-6-14-22-30-25-24-20(12-10-13-21(24)29-27(28)26(25)31-22)11-8-7-9-16-32(2,3)17-19-34-18-15-23(33)35-4/h10,12-13H,5-9,11,14-19H2,1-4H3,(H2,28,29)(H,30,31)/q+1. The van der Waals surface area contributed by atoms with Gasteiger partial charge in [0.15, 0.2) is 5.12 Å². The lowest BCUT2D eigenvalue weighted by molar-refractivity contribution is -0.891. The van der Waals surface area contributed by atoms with Gasteiger partial charge in [-0.05, 0) is 50.0 Å². The summed E-state index contributed by atoms with van der Waals surface area (Å²) in [6.45, 7) is 5.48. The van der Waals surface area contributed by atoms with E-state index in [4.69, 9.17) is 15.5 Å². The number of anilines is 1. The Morgan fingerprint density at radius 3 is 2.69 bits per heavy atom. The van der Waals surface area contributed by atoms with E-state index >= 15 is 0 Å². The van der Waals surface area contributed by atoms with Gasteiger partial charge in [-0.25, -0.2) is 9.97 Å². The molecule has 0 saturated carbocycles. The van der Waals surface area contributed by atoms with Crippen molar-refractivity contribution in [1.82, 2.24) is 15.0 Å². The number of hydrogen-bond acceptors (Lipinski definition) is 6. The Morgan fingerprint density at radius 2 is 1.91 bits per heavy atom. The van der Waals surface area contributed by atoms with E-state index in [1.54, 1.807) is 0 Å². The molecule has 2 heterocycles. The number of nitrogens with two attached hydrogens (primary N) is 1. The summed E-state index contributed by atoms with van der Waals surface area (Å²) in [5.74, 6) is 1.53. The van der Waals surface area contributed by atoms with Crippen molar-refractivity contribution >= 4 is 44.6 Å². The molecule has 0 atom stereocenters. The highest BCUT2D eigenvalue weighted by molar-refractivity contribution is 8.13. The van der Waals surface area contributed by atoms with Gasteiger partial charge in [0.25, 0.3) is 0 Å². The number of aromatic nitrogens is 3. The minimum Gasteiger partial charge on any atom is -0.382 e. The molecule has 2 aromatic heterocycles. The van der Waals surface area contributed by atoms with Crippen molar-refractivity contribution in [2.45, 2.75) is 58.3 Å². The predicted octanol–water partition coefficient (Wildman–Crippen LogP) is 5.12. The number of aromatic amines is 1.